The Bertz CT molecular complexity index is 537. The van der Waals surface area contributed by atoms with E-state index in [0.717, 1.165) is 37.2 Å². The van der Waals surface area contributed by atoms with Gasteiger partial charge in [0.25, 0.3) is 0 Å². The van der Waals surface area contributed by atoms with Crippen molar-refractivity contribution in [1.29, 1.82) is 0 Å². The molecule has 0 saturated heterocycles. The number of aryl methyl sites for hydroxylation is 1. The minimum atomic E-state index is 0.416. The quantitative estimate of drug-likeness (QED) is 0.622. The molecule has 0 aliphatic carbocycles. The number of nitrogens with two attached hydrogens (primary N) is 1. The molecule has 0 aliphatic heterocycles. The summed E-state index contributed by atoms with van der Waals surface area (Å²) in [6, 6.07) is 18.1. The fraction of sp³-hybridized carbons (Fsp3) is 0.235. The van der Waals surface area contributed by atoms with Crippen molar-refractivity contribution in [2.75, 3.05) is 6.61 Å². The van der Waals surface area contributed by atoms with Crippen molar-refractivity contribution in [3.63, 3.8) is 0 Å². The molecule has 0 amide bonds. The number of hydrogen-bond donors (Lipinski definition) is 1. The van der Waals surface area contributed by atoms with Crippen molar-refractivity contribution in [2.45, 2.75) is 19.3 Å². The molecule has 2 rings (SSSR count). The summed E-state index contributed by atoms with van der Waals surface area (Å²) in [4.78, 5) is 0.416. The molecule has 0 unspecified atom stereocenters. The van der Waals surface area contributed by atoms with Gasteiger partial charge in [0.15, 0.2) is 0 Å². The van der Waals surface area contributed by atoms with Gasteiger partial charge in [-0.25, -0.2) is 0 Å². The van der Waals surface area contributed by atoms with Crippen LogP contribution in [0, 0.1) is 0 Å². The Hall–Kier alpha value is -1.87. The van der Waals surface area contributed by atoms with Gasteiger partial charge in [-0.05, 0) is 49.1 Å². The second-order valence-corrected chi connectivity index (χ2v) is 5.12. The van der Waals surface area contributed by atoms with Crippen molar-refractivity contribution >= 4 is 17.2 Å². The van der Waals surface area contributed by atoms with E-state index in [0.29, 0.717) is 4.99 Å². The molecule has 0 spiro atoms. The minimum Gasteiger partial charge on any atom is -0.494 e. The maximum Gasteiger partial charge on any atom is 0.119 e. The molecular weight excluding hydrogens is 266 g/mol. The molecular formula is C17H19NOS. The lowest BCUT2D eigenvalue weighted by atomic mass is 10.1. The van der Waals surface area contributed by atoms with Gasteiger partial charge < -0.3 is 10.5 Å². The molecule has 20 heavy (non-hydrogen) atoms. The van der Waals surface area contributed by atoms with E-state index in [4.69, 9.17) is 22.7 Å². The van der Waals surface area contributed by atoms with Crippen molar-refractivity contribution in [1.82, 2.24) is 0 Å². The fourth-order valence-electron chi connectivity index (χ4n) is 1.98. The van der Waals surface area contributed by atoms with Crippen LogP contribution in [0.3, 0.4) is 0 Å². The normalized spacial score (nSPS) is 10.2. The van der Waals surface area contributed by atoms with E-state index in [1.165, 1.54) is 5.56 Å². The zero-order valence-electron chi connectivity index (χ0n) is 11.4. The molecule has 0 saturated carbocycles. The predicted octanol–water partition coefficient (Wildman–Crippen LogP) is 3.72. The van der Waals surface area contributed by atoms with Gasteiger partial charge in [-0.15, -0.1) is 0 Å². The van der Waals surface area contributed by atoms with E-state index in [9.17, 15) is 0 Å². The smallest absolute Gasteiger partial charge is 0.119 e. The lowest BCUT2D eigenvalue weighted by Gasteiger charge is -2.07. The average molecular weight is 285 g/mol. The van der Waals surface area contributed by atoms with E-state index in [1.54, 1.807) is 0 Å². The first-order valence-electron chi connectivity index (χ1n) is 6.82. The monoisotopic (exact) mass is 285 g/mol. The SMILES string of the molecule is NC(=S)c1ccc(OCCCCc2ccccc2)cc1. The highest BCUT2D eigenvalue weighted by molar-refractivity contribution is 7.80. The Morgan fingerprint density at radius 3 is 2.30 bits per heavy atom. The summed E-state index contributed by atoms with van der Waals surface area (Å²) in [6.45, 7) is 0.735. The first-order valence-corrected chi connectivity index (χ1v) is 7.23. The van der Waals surface area contributed by atoms with Crippen LogP contribution in [-0.4, -0.2) is 11.6 Å². The third-order valence-electron chi connectivity index (χ3n) is 3.11. The standard InChI is InChI=1S/C17H19NOS/c18-17(20)15-9-11-16(12-10-15)19-13-5-4-8-14-6-2-1-3-7-14/h1-3,6-7,9-12H,4-5,8,13H2,(H2,18,20). The Kier molecular flexibility index (Phi) is 5.56. The zero-order valence-corrected chi connectivity index (χ0v) is 12.2. The lowest BCUT2D eigenvalue weighted by Crippen LogP contribution is -2.08. The molecule has 2 aromatic carbocycles. The Balaban J connectivity index is 1.67. The van der Waals surface area contributed by atoms with Crippen LogP contribution in [0.2, 0.25) is 0 Å². The number of rotatable bonds is 7. The van der Waals surface area contributed by atoms with E-state index in [-0.39, 0.29) is 0 Å². The molecule has 104 valence electrons. The maximum absolute atomic E-state index is 5.69. The minimum absolute atomic E-state index is 0.416. The van der Waals surface area contributed by atoms with E-state index in [1.807, 2.05) is 30.3 Å². The van der Waals surface area contributed by atoms with E-state index in [2.05, 4.69) is 24.3 Å². The second-order valence-electron chi connectivity index (χ2n) is 4.68. The molecule has 2 aromatic rings. The van der Waals surface area contributed by atoms with Gasteiger partial charge >= 0.3 is 0 Å². The third kappa shape index (κ3) is 4.67. The van der Waals surface area contributed by atoms with Gasteiger partial charge in [0.1, 0.15) is 10.7 Å². The summed E-state index contributed by atoms with van der Waals surface area (Å²) in [5.41, 5.74) is 7.80. The molecule has 3 heteroatoms. The molecule has 0 aromatic heterocycles. The molecule has 0 aliphatic rings. The van der Waals surface area contributed by atoms with Crippen LogP contribution in [0.25, 0.3) is 0 Å². The fourth-order valence-corrected chi connectivity index (χ4v) is 2.12. The maximum atomic E-state index is 5.69. The first kappa shape index (κ1) is 14.5. The number of unbranched alkanes of at least 4 members (excludes halogenated alkanes) is 1. The topological polar surface area (TPSA) is 35.2 Å². The summed E-state index contributed by atoms with van der Waals surface area (Å²) in [7, 11) is 0. The van der Waals surface area contributed by atoms with Crippen LogP contribution in [0.1, 0.15) is 24.0 Å². The largest absolute Gasteiger partial charge is 0.494 e. The summed E-state index contributed by atoms with van der Waals surface area (Å²) < 4.78 is 5.69. The number of benzene rings is 2. The number of hydrogen-bond acceptors (Lipinski definition) is 2. The second kappa shape index (κ2) is 7.65. The van der Waals surface area contributed by atoms with E-state index >= 15 is 0 Å². The van der Waals surface area contributed by atoms with Gasteiger partial charge in [-0.1, -0.05) is 42.5 Å². The number of ether oxygens (including phenoxy) is 1. The highest BCUT2D eigenvalue weighted by Crippen LogP contribution is 2.13. The Labute approximate surface area is 125 Å². The Morgan fingerprint density at radius 2 is 1.65 bits per heavy atom. The van der Waals surface area contributed by atoms with Crippen LogP contribution >= 0.6 is 12.2 Å². The van der Waals surface area contributed by atoms with Crippen molar-refractivity contribution < 1.29 is 4.74 Å². The molecule has 0 radical (unpaired) electrons. The van der Waals surface area contributed by atoms with Crippen LogP contribution in [0.4, 0.5) is 0 Å². The molecule has 0 fully saturated rings. The van der Waals surface area contributed by atoms with Gasteiger partial charge in [-0.2, -0.15) is 0 Å². The van der Waals surface area contributed by atoms with Crippen LogP contribution < -0.4 is 10.5 Å². The van der Waals surface area contributed by atoms with Crippen LogP contribution in [0.15, 0.2) is 54.6 Å². The summed E-state index contributed by atoms with van der Waals surface area (Å²) in [5, 5.41) is 0. The van der Waals surface area contributed by atoms with Gasteiger partial charge in [0.2, 0.25) is 0 Å². The predicted molar refractivity (Wildman–Crippen MR) is 87.2 cm³/mol. The number of thiocarbonyl (C=S) groups is 1. The van der Waals surface area contributed by atoms with Crippen LogP contribution in [0.5, 0.6) is 5.75 Å². The molecule has 2 N–H and O–H groups in total. The highest BCUT2D eigenvalue weighted by atomic mass is 32.1. The van der Waals surface area contributed by atoms with Gasteiger partial charge in [-0.3, -0.25) is 0 Å². The summed E-state index contributed by atoms with van der Waals surface area (Å²) in [6.07, 6.45) is 3.28. The van der Waals surface area contributed by atoms with Gasteiger partial charge in [0.05, 0.1) is 6.61 Å². The van der Waals surface area contributed by atoms with Crippen LogP contribution in [-0.2, 0) is 6.42 Å². The van der Waals surface area contributed by atoms with Crippen molar-refractivity contribution in [2.24, 2.45) is 5.73 Å². The van der Waals surface area contributed by atoms with Crippen molar-refractivity contribution in [3.8, 4) is 5.75 Å². The molecule has 2 nitrogen and oxygen atoms in total. The zero-order chi connectivity index (χ0) is 14.2. The third-order valence-corrected chi connectivity index (χ3v) is 3.35. The van der Waals surface area contributed by atoms with Gasteiger partial charge in [0, 0.05) is 5.56 Å². The highest BCUT2D eigenvalue weighted by Gasteiger charge is 1.98. The lowest BCUT2D eigenvalue weighted by molar-refractivity contribution is 0.307. The summed E-state index contributed by atoms with van der Waals surface area (Å²) >= 11 is 4.91. The molecule has 0 heterocycles. The molecule has 0 atom stereocenters. The summed E-state index contributed by atoms with van der Waals surface area (Å²) in [5.74, 6) is 0.865. The molecule has 0 bridgehead atoms. The van der Waals surface area contributed by atoms with Crippen molar-refractivity contribution in [3.05, 3.63) is 65.7 Å². The first-order chi connectivity index (χ1) is 9.75. The average Bonchev–Trinajstić information content (AvgIpc) is 2.48. The van der Waals surface area contributed by atoms with E-state index < -0.39 is 0 Å². The Morgan fingerprint density at radius 1 is 0.950 bits per heavy atom.